The van der Waals surface area contributed by atoms with Crippen molar-refractivity contribution in [1.29, 1.82) is 0 Å². The van der Waals surface area contributed by atoms with E-state index in [0.29, 0.717) is 28.7 Å². The van der Waals surface area contributed by atoms with Crippen LogP contribution in [0, 0.1) is 5.92 Å². The van der Waals surface area contributed by atoms with Crippen molar-refractivity contribution in [2.45, 2.75) is 38.5 Å². The molecule has 1 saturated heterocycles. The molecule has 1 aromatic carbocycles. The van der Waals surface area contributed by atoms with Gasteiger partial charge < -0.3 is 24.4 Å². The summed E-state index contributed by atoms with van der Waals surface area (Å²) in [5, 5.41) is 2.74. The lowest BCUT2D eigenvalue weighted by Gasteiger charge is -2.31. The van der Waals surface area contributed by atoms with E-state index in [2.05, 4.69) is 10.1 Å². The number of amides is 2. The van der Waals surface area contributed by atoms with Crippen molar-refractivity contribution in [3.63, 3.8) is 0 Å². The molecule has 1 aliphatic carbocycles. The fourth-order valence-electron chi connectivity index (χ4n) is 3.38. The lowest BCUT2D eigenvalue weighted by molar-refractivity contribution is -0.143. The highest BCUT2D eigenvalue weighted by Crippen LogP contribution is 2.39. The van der Waals surface area contributed by atoms with Gasteiger partial charge in [-0.15, -0.1) is 11.8 Å². The summed E-state index contributed by atoms with van der Waals surface area (Å²) in [6.07, 6.45) is 2.80. The molecule has 1 atom stereocenters. The minimum atomic E-state index is -3.00. The van der Waals surface area contributed by atoms with Crippen LogP contribution in [0.4, 0.5) is 8.78 Å². The summed E-state index contributed by atoms with van der Waals surface area (Å²) in [7, 11) is 0. The number of thioether (sulfide) groups is 1. The first-order chi connectivity index (χ1) is 13.5. The van der Waals surface area contributed by atoms with Gasteiger partial charge in [-0.05, 0) is 18.9 Å². The standard InChI is InChI=1S/C18H20F2N2O5S/c19-18(20)27-13-5-15-14(25-9-26-15)4-11(13)6-21-16(23)12-7-28-8-22(12)17(24)10-2-1-3-10/h4-5,10,12,18H,1-3,6-9H2,(H,21,23)/t12-/m1/s1. The molecular formula is C18H20F2N2O5S. The molecule has 2 amide bonds. The number of alkyl halides is 2. The molecule has 0 spiro atoms. The van der Waals surface area contributed by atoms with Crippen molar-refractivity contribution >= 4 is 23.6 Å². The second kappa shape index (κ2) is 8.02. The first-order valence-corrected chi connectivity index (χ1v) is 10.2. The summed E-state index contributed by atoms with van der Waals surface area (Å²) in [5.41, 5.74) is 0.348. The van der Waals surface area contributed by atoms with Gasteiger partial charge in [0.2, 0.25) is 18.6 Å². The quantitative estimate of drug-likeness (QED) is 0.770. The Morgan fingerprint density at radius 1 is 1.29 bits per heavy atom. The normalized spacial score (nSPS) is 21.0. The van der Waals surface area contributed by atoms with E-state index in [9.17, 15) is 18.4 Å². The number of nitrogens with one attached hydrogen (secondary N) is 1. The molecule has 10 heteroatoms. The number of rotatable bonds is 6. The zero-order valence-corrected chi connectivity index (χ0v) is 15.8. The van der Waals surface area contributed by atoms with E-state index >= 15 is 0 Å². The minimum Gasteiger partial charge on any atom is -0.454 e. The monoisotopic (exact) mass is 414 g/mol. The summed E-state index contributed by atoms with van der Waals surface area (Å²) < 4.78 is 40.4. The predicted molar refractivity (Wildman–Crippen MR) is 96.3 cm³/mol. The smallest absolute Gasteiger partial charge is 0.387 e. The maximum Gasteiger partial charge on any atom is 0.387 e. The highest BCUT2D eigenvalue weighted by Gasteiger charge is 2.39. The molecule has 1 saturated carbocycles. The Bertz CT molecular complexity index is 775. The molecule has 0 aromatic heterocycles. The molecule has 28 heavy (non-hydrogen) atoms. The van der Waals surface area contributed by atoms with Crippen molar-refractivity contribution in [3.05, 3.63) is 17.7 Å². The maximum absolute atomic E-state index is 12.7. The zero-order chi connectivity index (χ0) is 19.7. The van der Waals surface area contributed by atoms with Gasteiger partial charge in [0.15, 0.2) is 11.5 Å². The number of benzene rings is 1. The number of fused-ring (bicyclic) bond motifs is 1. The Kier molecular flexibility index (Phi) is 5.47. The maximum atomic E-state index is 12.7. The SMILES string of the molecule is O=C(NCc1cc2c(cc1OC(F)F)OCO2)[C@H]1CSCN1C(=O)C1CCC1. The van der Waals surface area contributed by atoms with E-state index < -0.39 is 12.7 Å². The molecule has 0 bridgehead atoms. The van der Waals surface area contributed by atoms with Crippen molar-refractivity contribution in [3.8, 4) is 17.2 Å². The molecule has 0 radical (unpaired) electrons. The second-order valence-electron chi connectivity index (χ2n) is 6.86. The van der Waals surface area contributed by atoms with Crippen LogP contribution in [0.2, 0.25) is 0 Å². The molecule has 7 nitrogen and oxygen atoms in total. The van der Waals surface area contributed by atoms with E-state index in [1.165, 1.54) is 23.9 Å². The van der Waals surface area contributed by atoms with Gasteiger partial charge in [-0.2, -0.15) is 8.78 Å². The summed E-state index contributed by atoms with van der Waals surface area (Å²) >= 11 is 1.53. The molecule has 0 unspecified atom stereocenters. The zero-order valence-electron chi connectivity index (χ0n) is 15.0. The van der Waals surface area contributed by atoms with Crippen LogP contribution in [-0.2, 0) is 16.1 Å². The molecule has 152 valence electrons. The summed E-state index contributed by atoms with van der Waals surface area (Å²) in [5.74, 6) is 1.40. The van der Waals surface area contributed by atoms with Crippen molar-refractivity contribution in [1.82, 2.24) is 10.2 Å². The van der Waals surface area contributed by atoms with Crippen LogP contribution in [-0.4, -0.2) is 47.8 Å². The van der Waals surface area contributed by atoms with Crippen LogP contribution in [0.25, 0.3) is 0 Å². The van der Waals surface area contributed by atoms with Crippen LogP contribution in [0.15, 0.2) is 12.1 Å². The summed E-state index contributed by atoms with van der Waals surface area (Å²) in [6, 6.07) is 2.29. The second-order valence-corrected chi connectivity index (χ2v) is 7.86. The van der Waals surface area contributed by atoms with E-state index in [1.807, 2.05) is 0 Å². The van der Waals surface area contributed by atoms with Gasteiger partial charge in [0.1, 0.15) is 11.8 Å². The topological polar surface area (TPSA) is 77.1 Å². The fourth-order valence-corrected chi connectivity index (χ4v) is 4.54. The lowest BCUT2D eigenvalue weighted by Crippen LogP contribution is -2.49. The van der Waals surface area contributed by atoms with Crippen LogP contribution in [0.5, 0.6) is 17.2 Å². The first kappa shape index (κ1) is 19.1. The van der Waals surface area contributed by atoms with E-state index in [1.54, 1.807) is 4.90 Å². The minimum absolute atomic E-state index is 0.00317. The molecule has 2 fully saturated rings. The van der Waals surface area contributed by atoms with Crippen molar-refractivity contribution in [2.75, 3.05) is 18.4 Å². The Morgan fingerprint density at radius 3 is 2.71 bits per heavy atom. The van der Waals surface area contributed by atoms with Crippen molar-refractivity contribution in [2.24, 2.45) is 5.92 Å². The van der Waals surface area contributed by atoms with Gasteiger partial charge >= 0.3 is 6.61 Å². The van der Waals surface area contributed by atoms with Crippen LogP contribution >= 0.6 is 11.8 Å². The molecule has 3 aliphatic rings. The van der Waals surface area contributed by atoms with Crippen LogP contribution in [0.1, 0.15) is 24.8 Å². The Hall–Kier alpha value is -2.23. The van der Waals surface area contributed by atoms with Gasteiger partial charge in [0.25, 0.3) is 0 Å². The third kappa shape index (κ3) is 3.82. The number of hydrogen-bond acceptors (Lipinski definition) is 6. The van der Waals surface area contributed by atoms with Crippen molar-refractivity contribution < 1.29 is 32.6 Å². The van der Waals surface area contributed by atoms with E-state index in [-0.39, 0.29) is 36.8 Å². The Labute approximate surface area is 164 Å². The molecular weight excluding hydrogens is 394 g/mol. The summed E-state index contributed by atoms with van der Waals surface area (Å²) in [6.45, 7) is -3.03. The van der Waals surface area contributed by atoms with E-state index in [4.69, 9.17) is 9.47 Å². The predicted octanol–water partition coefficient (Wildman–Crippen LogP) is 2.33. The number of carbonyl (C=O) groups is 2. The number of carbonyl (C=O) groups excluding carboxylic acids is 2. The average molecular weight is 414 g/mol. The summed E-state index contributed by atoms with van der Waals surface area (Å²) in [4.78, 5) is 26.8. The number of ether oxygens (including phenoxy) is 3. The highest BCUT2D eigenvalue weighted by molar-refractivity contribution is 7.99. The molecule has 4 rings (SSSR count). The first-order valence-electron chi connectivity index (χ1n) is 9.06. The van der Waals surface area contributed by atoms with Gasteiger partial charge in [0, 0.05) is 29.8 Å². The Balaban J connectivity index is 1.43. The molecule has 1 aromatic rings. The number of hydrogen-bond donors (Lipinski definition) is 1. The van der Waals surface area contributed by atoms with E-state index in [0.717, 1.165) is 19.3 Å². The van der Waals surface area contributed by atoms with Crippen LogP contribution in [0.3, 0.4) is 0 Å². The average Bonchev–Trinajstić information content (AvgIpc) is 3.26. The number of halogens is 2. The largest absolute Gasteiger partial charge is 0.454 e. The Morgan fingerprint density at radius 2 is 2.04 bits per heavy atom. The van der Waals surface area contributed by atoms with Crippen LogP contribution < -0.4 is 19.5 Å². The molecule has 2 heterocycles. The van der Waals surface area contributed by atoms with Gasteiger partial charge in [-0.1, -0.05) is 6.42 Å². The molecule has 1 N–H and O–H groups in total. The lowest BCUT2D eigenvalue weighted by atomic mass is 9.84. The van der Waals surface area contributed by atoms with Gasteiger partial charge in [-0.3, -0.25) is 9.59 Å². The van der Waals surface area contributed by atoms with Gasteiger partial charge in [-0.25, -0.2) is 0 Å². The molecule has 2 aliphatic heterocycles. The number of nitrogens with zero attached hydrogens (tertiary/aromatic N) is 1. The highest BCUT2D eigenvalue weighted by atomic mass is 32.2. The van der Waals surface area contributed by atoms with Gasteiger partial charge in [0.05, 0.1) is 5.88 Å². The third-order valence-corrected chi connectivity index (χ3v) is 6.16. The third-order valence-electron chi connectivity index (χ3n) is 5.15. The fraction of sp³-hybridized carbons (Fsp3) is 0.556.